The van der Waals surface area contributed by atoms with Crippen LogP contribution in [0, 0.1) is 0 Å². The summed E-state index contributed by atoms with van der Waals surface area (Å²) in [5.41, 5.74) is 0.0894. The van der Waals surface area contributed by atoms with E-state index in [0.29, 0.717) is 0 Å². The number of rotatable bonds is 8. The van der Waals surface area contributed by atoms with E-state index >= 15 is 0 Å². The summed E-state index contributed by atoms with van der Waals surface area (Å²) in [5.74, 6) is -1.40. The van der Waals surface area contributed by atoms with Crippen molar-refractivity contribution in [2.75, 3.05) is 13.2 Å². The summed E-state index contributed by atoms with van der Waals surface area (Å²) in [4.78, 5) is 24.5. The molecule has 0 saturated heterocycles. The predicted molar refractivity (Wildman–Crippen MR) is 70.2 cm³/mol. The third kappa shape index (κ3) is 4.02. The van der Waals surface area contributed by atoms with Gasteiger partial charge in [-0.2, -0.15) is 0 Å². The number of hydrogen-bond acceptors (Lipinski definition) is 5. The second-order valence-electron chi connectivity index (χ2n) is 4.39. The first-order valence-electron chi connectivity index (χ1n) is 6.57. The van der Waals surface area contributed by atoms with Crippen molar-refractivity contribution < 1.29 is 19.8 Å². The number of aromatic nitrogens is 3. The number of aliphatic hydroxyl groups is 1. The van der Waals surface area contributed by atoms with Crippen LogP contribution < -0.4 is 0 Å². The lowest BCUT2D eigenvalue weighted by atomic mass is 10.1. The number of aliphatic hydroxyl groups excluding tert-OH is 1. The molecule has 112 valence electrons. The second kappa shape index (κ2) is 7.59. The van der Waals surface area contributed by atoms with Crippen LogP contribution in [0.15, 0.2) is 6.20 Å². The Morgan fingerprint density at radius 2 is 2.05 bits per heavy atom. The Morgan fingerprint density at radius 3 is 2.55 bits per heavy atom. The second-order valence-corrected chi connectivity index (χ2v) is 4.39. The molecule has 0 aromatic carbocycles. The highest BCUT2D eigenvalue weighted by molar-refractivity contribution is 5.92. The van der Waals surface area contributed by atoms with Crippen molar-refractivity contribution in [2.45, 2.75) is 39.3 Å². The summed E-state index contributed by atoms with van der Waals surface area (Å²) in [6.07, 6.45) is 2.85. The quantitative estimate of drug-likeness (QED) is 0.694. The molecule has 0 aliphatic carbocycles. The fraction of sp³-hybridized carbons (Fsp3) is 0.667. The molecule has 0 atom stereocenters. The molecule has 1 amide bonds. The van der Waals surface area contributed by atoms with Gasteiger partial charge < -0.3 is 15.1 Å². The Labute approximate surface area is 117 Å². The SMILES string of the molecule is CCC(CC)N(CCO)C(=O)c1cn(CC(=O)O)nn1. The molecule has 0 aliphatic heterocycles. The first kappa shape index (κ1) is 16.1. The first-order chi connectivity index (χ1) is 9.53. The van der Waals surface area contributed by atoms with Gasteiger partial charge in [-0.15, -0.1) is 5.10 Å². The van der Waals surface area contributed by atoms with Gasteiger partial charge in [-0.3, -0.25) is 9.59 Å². The minimum atomic E-state index is -1.05. The van der Waals surface area contributed by atoms with Crippen LogP contribution in [-0.2, 0) is 11.3 Å². The number of hydrogen-bond donors (Lipinski definition) is 2. The van der Waals surface area contributed by atoms with Crippen LogP contribution in [0.3, 0.4) is 0 Å². The maximum atomic E-state index is 12.3. The standard InChI is InChI=1S/C12H20N4O4/c1-3-9(4-2)16(5-6-17)12(20)10-7-15(14-13-10)8-11(18)19/h7,9,17H,3-6,8H2,1-2H3,(H,18,19). The predicted octanol–water partition coefficient (Wildman–Crippen LogP) is -0.0142. The third-order valence-electron chi connectivity index (χ3n) is 3.04. The first-order valence-corrected chi connectivity index (χ1v) is 6.57. The van der Waals surface area contributed by atoms with E-state index in [-0.39, 0.29) is 37.3 Å². The van der Waals surface area contributed by atoms with Crippen LogP contribution in [-0.4, -0.2) is 61.2 Å². The number of carboxylic acid groups (broad SMARTS) is 1. The van der Waals surface area contributed by atoms with Crippen LogP contribution in [0.5, 0.6) is 0 Å². The van der Waals surface area contributed by atoms with Crippen molar-refractivity contribution in [1.82, 2.24) is 19.9 Å². The highest BCUT2D eigenvalue weighted by Gasteiger charge is 2.24. The highest BCUT2D eigenvalue weighted by atomic mass is 16.4. The van der Waals surface area contributed by atoms with E-state index in [1.165, 1.54) is 6.20 Å². The summed E-state index contributed by atoms with van der Waals surface area (Å²) in [6.45, 7) is 3.67. The molecule has 0 bridgehead atoms. The van der Waals surface area contributed by atoms with E-state index < -0.39 is 5.97 Å². The molecule has 0 spiro atoms. The number of nitrogens with zero attached hydrogens (tertiary/aromatic N) is 4. The van der Waals surface area contributed by atoms with E-state index in [4.69, 9.17) is 10.2 Å². The number of amides is 1. The summed E-state index contributed by atoms with van der Waals surface area (Å²) in [6, 6.07) is 0.0132. The molecule has 0 fully saturated rings. The maximum absolute atomic E-state index is 12.3. The van der Waals surface area contributed by atoms with Gasteiger partial charge in [-0.1, -0.05) is 19.1 Å². The van der Waals surface area contributed by atoms with Crippen LogP contribution in [0.25, 0.3) is 0 Å². The van der Waals surface area contributed by atoms with Gasteiger partial charge in [0.05, 0.1) is 12.8 Å². The van der Waals surface area contributed by atoms with Crippen LogP contribution in [0.2, 0.25) is 0 Å². The zero-order valence-electron chi connectivity index (χ0n) is 11.7. The van der Waals surface area contributed by atoms with E-state index in [2.05, 4.69) is 10.3 Å². The zero-order valence-corrected chi connectivity index (χ0v) is 11.7. The molecule has 8 heteroatoms. The molecule has 0 aliphatic rings. The number of aliphatic carboxylic acids is 1. The molecule has 1 rings (SSSR count). The molecule has 8 nitrogen and oxygen atoms in total. The maximum Gasteiger partial charge on any atom is 0.325 e. The fourth-order valence-electron chi connectivity index (χ4n) is 2.05. The fourth-order valence-corrected chi connectivity index (χ4v) is 2.05. The molecular formula is C12H20N4O4. The Balaban J connectivity index is 2.88. The van der Waals surface area contributed by atoms with Crippen molar-refractivity contribution in [3.05, 3.63) is 11.9 Å². The zero-order chi connectivity index (χ0) is 15.1. The molecule has 1 aromatic rings. The van der Waals surface area contributed by atoms with Crippen molar-refractivity contribution in [3.63, 3.8) is 0 Å². The number of carbonyl (C=O) groups is 2. The molecule has 20 heavy (non-hydrogen) atoms. The van der Waals surface area contributed by atoms with E-state index in [1.807, 2.05) is 13.8 Å². The average molecular weight is 284 g/mol. The molecule has 0 saturated carbocycles. The van der Waals surface area contributed by atoms with E-state index in [0.717, 1.165) is 17.5 Å². The molecule has 0 unspecified atom stereocenters. The van der Waals surface area contributed by atoms with Gasteiger partial charge in [-0.25, -0.2) is 4.68 Å². The number of carboxylic acids is 1. The lowest BCUT2D eigenvalue weighted by molar-refractivity contribution is -0.137. The lowest BCUT2D eigenvalue weighted by Crippen LogP contribution is -2.41. The van der Waals surface area contributed by atoms with Gasteiger partial charge in [0.2, 0.25) is 0 Å². The van der Waals surface area contributed by atoms with Gasteiger partial charge >= 0.3 is 5.97 Å². The summed E-state index contributed by atoms with van der Waals surface area (Å²) >= 11 is 0. The normalized spacial score (nSPS) is 10.8. The van der Waals surface area contributed by atoms with E-state index in [9.17, 15) is 9.59 Å². The summed E-state index contributed by atoms with van der Waals surface area (Å²) in [5, 5.41) is 25.0. The van der Waals surface area contributed by atoms with Crippen molar-refractivity contribution in [2.24, 2.45) is 0 Å². The third-order valence-corrected chi connectivity index (χ3v) is 3.04. The molecular weight excluding hydrogens is 264 g/mol. The van der Waals surface area contributed by atoms with Gasteiger partial charge in [-0.05, 0) is 12.8 Å². The summed E-state index contributed by atoms with van der Waals surface area (Å²) < 4.78 is 1.10. The van der Waals surface area contributed by atoms with E-state index in [1.54, 1.807) is 4.90 Å². The minimum Gasteiger partial charge on any atom is -0.480 e. The van der Waals surface area contributed by atoms with Crippen LogP contribution >= 0.6 is 0 Å². The minimum absolute atomic E-state index is 0.0132. The van der Waals surface area contributed by atoms with Gasteiger partial charge in [0.25, 0.3) is 5.91 Å². The van der Waals surface area contributed by atoms with Crippen molar-refractivity contribution in [3.8, 4) is 0 Å². The Bertz CT molecular complexity index is 456. The van der Waals surface area contributed by atoms with Crippen LogP contribution in [0.1, 0.15) is 37.2 Å². The lowest BCUT2D eigenvalue weighted by Gasteiger charge is -2.29. The topological polar surface area (TPSA) is 109 Å². The highest BCUT2D eigenvalue weighted by Crippen LogP contribution is 2.12. The molecule has 2 N–H and O–H groups in total. The molecule has 0 radical (unpaired) electrons. The van der Waals surface area contributed by atoms with Gasteiger partial charge in [0.1, 0.15) is 6.54 Å². The van der Waals surface area contributed by atoms with Gasteiger partial charge in [0.15, 0.2) is 5.69 Å². The molecule has 1 heterocycles. The monoisotopic (exact) mass is 284 g/mol. The van der Waals surface area contributed by atoms with Crippen molar-refractivity contribution in [1.29, 1.82) is 0 Å². The molecule has 1 aromatic heterocycles. The Morgan fingerprint density at radius 1 is 1.40 bits per heavy atom. The van der Waals surface area contributed by atoms with Crippen LogP contribution in [0.4, 0.5) is 0 Å². The number of carbonyl (C=O) groups excluding carboxylic acids is 1. The van der Waals surface area contributed by atoms with Gasteiger partial charge in [0, 0.05) is 12.6 Å². The largest absolute Gasteiger partial charge is 0.480 e. The summed E-state index contributed by atoms with van der Waals surface area (Å²) in [7, 11) is 0. The Kier molecular flexibility index (Phi) is 6.10. The smallest absolute Gasteiger partial charge is 0.325 e. The average Bonchev–Trinajstić information content (AvgIpc) is 2.86. The van der Waals surface area contributed by atoms with Crippen molar-refractivity contribution >= 4 is 11.9 Å². The Hall–Kier alpha value is -1.96.